The predicted molar refractivity (Wildman–Crippen MR) is 100 cm³/mol. The molecule has 2 aromatic rings. The first-order valence-corrected chi connectivity index (χ1v) is 9.10. The Morgan fingerprint density at radius 1 is 1.18 bits per heavy atom. The van der Waals surface area contributed by atoms with Crippen LogP contribution >= 0.6 is 0 Å². The predicted octanol–water partition coefficient (Wildman–Crippen LogP) is 2.09. The molecule has 4 rings (SSSR count). The average molecular weight is 383 g/mol. The van der Waals surface area contributed by atoms with E-state index in [2.05, 4.69) is 9.88 Å². The van der Waals surface area contributed by atoms with Gasteiger partial charge in [-0.3, -0.25) is 0 Å². The third kappa shape index (κ3) is 3.58. The maximum absolute atomic E-state index is 12.4. The molecule has 1 saturated heterocycles. The van der Waals surface area contributed by atoms with E-state index in [4.69, 9.17) is 14.2 Å². The lowest BCUT2D eigenvalue weighted by atomic mass is 10.1. The van der Waals surface area contributed by atoms with Gasteiger partial charge in [-0.15, -0.1) is 0 Å². The smallest absolute Gasteiger partial charge is 0.410 e. The molecule has 8 heteroatoms. The minimum atomic E-state index is -0.500. The summed E-state index contributed by atoms with van der Waals surface area (Å²) in [4.78, 5) is 32.2. The van der Waals surface area contributed by atoms with Gasteiger partial charge in [-0.25, -0.2) is 14.6 Å². The Morgan fingerprint density at radius 2 is 2.00 bits per heavy atom. The van der Waals surface area contributed by atoms with Crippen molar-refractivity contribution in [3.63, 3.8) is 0 Å². The molecule has 0 bridgehead atoms. The summed E-state index contributed by atoms with van der Waals surface area (Å²) in [6.07, 6.45) is -0.325. The van der Waals surface area contributed by atoms with E-state index in [9.17, 15) is 9.59 Å². The molecule has 28 heavy (non-hydrogen) atoms. The normalized spacial score (nSPS) is 17.8. The Morgan fingerprint density at radius 3 is 2.79 bits per heavy atom. The summed E-state index contributed by atoms with van der Waals surface area (Å²) < 4.78 is 15.9. The van der Waals surface area contributed by atoms with Crippen LogP contribution < -0.4 is 9.64 Å². The van der Waals surface area contributed by atoms with Crippen LogP contribution in [0.3, 0.4) is 0 Å². The topological polar surface area (TPSA) is 81.2 Å². The van der Waals surface area contributed by atoms with Crippen molar-refractivity contribution < 1.29 is 23.8 Å². The van der Waals surface area contributed by atoms with Crippen molar-refractivity contribution in [3.05, 3.63) is 53.7 Å². The number of anilines is 1. The van der Waals surface area contributed by atoms with Crippen LogP contribution in [0.2, 0.25) is 0 Å². The first-order chi connectivity index (χ1) is 13.7. The van der Waals surface area contributed by atoms with Crippen LogP contribution in [-0.2, 0) is 16.1 Å². The Labute approximate surface area is 162 Å². The average Bonchev–Trinajstić information content (AvgIpc) is 2.76. The van der Waals surface area contributed by atoms with E-state index in [0.717, 1.165) is 11.3 Å². The van der Waals surface area contributed by atoms with E-state index in [1.54, 1.807) is 11.0 Å². The number of aromatic nitrogens is 1. The van der Waals surface area contributed by atoms with E-state index >= 15 is 0 Å². The highest BCUT2D eigenvalue weighted by Gasteiger charge is 2.36. The highest BCUT2D eigenvalue weighted by atomic mass is 16.6. The number of fused-ring (bicyclic) bond motifs is 3. The number of hydrogen-bond acceptors (Lipinski definition) is 7. The van der Waals surface area contributed by atoms with Crippen LogP contribution in [0.25, 0.3) is 0 Å². The largest absolute Gasteiger partial charge is 0.474 e. The molecule has 0 N–H and O–H groups in total. The fourth-order valence-electron chi connectivity index (χ4n) is 3.44. The summed E-state index contributed by atoms with van der Waals surface area (Å²) in [5.74, 6) is -0.0845. The summed E-state index contributed by atoms with van der Waals surface area (Å²) in [6, 6.07) is 13.0. The van der Waals surface area contributed by atoms with Crippen LogP contribution in [-0.4, -0.2) is 61.3 Å². The molecule has 1 aromatic carbocycles. The molecule has 2 aliphatic heterocycles. The van der Waals surface area contributed by atoms with Gasteiger partial charge in [0.1, 0.15) is 18.9 Å². The van der Waals surface area contributed by atoms with E-state index in [0.29, 0.717) is 32.1 Å². The molecule has 0 aliphatic carbocycles. The lowest BCUT2D eigenvalue weighted by Crippen LogP contribution is -2.58. The molecule has 2 aliphatic rings. The second-order valence-corrected chi connectivity index (χ2v) is 6.66. The van der Waals surface area contributed by atoms with Gasteiger partial charge in [-0.2, -0.15) is 0 Å². The summed E-state index contributed by atoms with van der Waals surface area (Å²) in [6.45, 7) is 2.33. The van der Waals surface area contributed by atoms with Crippen molar-refractivity contribution in [2.24, 2.45) is 0 Å². The standard InChI is InChI=1S/C20H21N3O5/c1-26-19(24)16-7-8-17-18(21-16)27-13-15-11-22(9-10-23(15)17)20(25)28-12-14-5-3-2-4-6-14/h2-8,15H,9-13H2,1H3/t15-/m0/s1. The van der Waals surface area contributed by atoms with Crippen molar-refractivity contribution in [3.8, 4) is 5.88 Å². The second kappa shape index (κ2) is 7.75. The zero-order valence-corrected chi connectivity index (χ0v) is 15.5. The maximum atomic E-state index is 12.4. The lowest BCUT2D eigenvalue weighted by Gasteiger charge is -2.44. The zero-order valence-electron chi connectivity index (χ0n) is 15.5. The summed E-state index contributed by atoms with van der Waals surface area (Å²) in [7, 11) is 1.32. The number of nitrogens with zero attached hydrogens (tertiary/aromatic N) is 3. The van der Waals surface area contributed by atoms with Gasteiger partial charge in [0.2, 0.25) is 5.88 Å². The third-order valence-electron chi connectivity index (χ3n) is 4.90. The van der Waals surface area contributed by atoms with Gasteiger partial charge < -0.3 is 24.0 Å². The third-order valence-corrected chi connectivity index (χ3v) is 4.90. The van der Waals surface area contributed by atoms with Crippen molar-refractivity contribution in [2.45, 2.75) is 12.6 Å². The fraction of sp³-hybridized carbons (Fsp3) is 0.350. The van der Waals surface area contributed by atoms with Crippen molar-refractivity contribution in [1.29, 1.82) is 0 Å². The van der Waals surface area contributed by atoms with E-state index < -0.39 is 5.97 Å². The van der Waals surface area contributed by atoms with E-state index in [1.165, 1.54) is 7.11 Å². The molecule has 1 amide bonds. The monoisotopic (exact) mass is 383 g/mol. The highest BCUT2D eigenvalue weighted by Crippen LogP contribution is 2.34. The Balaban J connectivity index is 1.39. The number of piperazine rings is 1. The molecule has 0 spiro atoms. The minimum absolute atomic E-state index is 0.0105. The first-order valence-electron chi connectivity index (χ1n) is 9.10. The van der Waals surface area contributed by atoms with Crippen LogP contribution in [0.4, 0.5) is 10.5 Å². The maximum Gasteiger partial charge on any atom is 0.410 e. The van der Waals surface area contributed by atoms with Gasteiger partial charge >= 0.3 is 12.1 Å². The van der Waals surface area contributed by atoms with Gasteiger partial charge in [0.15, 0.2) is 5.69 Å². The molecule has 0 radical (unpaired) electrons. The number of carbonyl (C=O) groups is 2. The molecule has 1 atom stereocenters. The lowest BCUT2D eigenvalue weighted by molar-refractivity contribution is 0.0590. The SMILES string of the molecule is COC(=O)c1ccc2c(n1)OC[C@@H]1CN(C(=O)OCc3ccccc3)CCN21. The number of benzene rings is 1. The minimum Gasteiger partial charge on any atom is -0.474 e. The molecular weight excluding hydrogens is 362 g/mol. The van der Waals surface area contributed by atoms with Crippen molar-refractivity contribution in [1.82, 2.24) is 9.88 Å². The van der Waals surface area contributed by atoms with Crippen LogP contribution in [0.5, 0.6) is 5.88 Å². The molecule has 3 heterocycles. The first kappa shape index (κ1) is 18.1. The summed E-state index contributed by atoms with van der Waals surface area (Å²) in [5, 5.41) is 0. The number of hydrogen-bond donors (Lipinski definition) is 0. The molecule has 1 aromatic heterocycles. The van der Waals surface area contributed by atoms with Crippen molar-refractivity contribution >= 4 is 17.7 Å². The van der Waals surface area contributed by atoms with E-state index in [1.807, 2.05) is 36.4 Å². The molecule has 0 unspecified atom stereocenters. The number of methoxy groups -OCH3 is 1. The van der Waals surface area contributed by atoms with Gasteiger partial charge in [0.05, 0.1) is 13.2 Å². The van der Waals surface area contributed by atoms with Crippen LogP contribution in [0.1, 0.15) is 16.1 Å². The molecule has 146 valence electrons. The number of carbonyl (C=O) groups excluding carboxylic acids is 2. The highest BCUT2D eigenvalue weighted by molar-refractivity contribution is 5.88. The molecule has 1 fully saturated rings. The van der Waals surface area contributed by atoms with Gasteiger partial charge in [0, 0.05) is 19.6 Å². The number of esters is 1. The van der Waals surface area contributed by atoms with Gasteiger partial charge in [-0.1, -0.05) is 30.3 Å². The fourth-order valence-corrected chi connectivity index (χ4v) is 3.44. The van der Waals surface area contributed by atoms with Crippen molar-refractivity contribution in [2.75, 3.05) is 38.3 Å². The number of rotatable bonds is 3. The zero-order chi connectivity index (χ0) is 19.5. The Kier molecular flexibility index (Phi) is 5.01. The summed E-state index contributed by atoms with van der Waals surface area (Å²) >= 11 is 0. The van der Waals surface area contributed by atoms with Crippen LogP contribution in [0.15, 0.2) is 42.5 Å². The second-order valence-electron chi connectivity index (χ2n) is 6.66. The quantitative estimate of drug-likeness (QED) is 0.751. The van der Waals surface area contributed by atoms with Gasteiger partial charge in [-0.05, 0) is 17.7 Å². The molecule has 0 saturated carbocycles. The molecular formula is C20H21N3O5. The van der Waals surface area contributed by atoms with E-state index in [-0.39, 0.29) is 24.4 Å². The van der Waals surface area contributed by atoms with Gasteiger partial charge in [0.25, 0.3) is 0 Å². The number of amides is 1. The summed E-state index contributed by atoms with van der Waals surface area (Å²) in [5.41, 5.74) is 1.99. The number of pyridine rings is 1. The van der Waals surface area contributed by atoms with Crippen LogP contribution in [0, 0.1) is 0 Å². The molecule has 8 nitrogen and oxygen atoms in total. The Bertz CT molecular complexity index is 873. The number of ether oxygens (including phenoxy) is 3. The Hall–Kier alpha value is -3.29.